The molecular weight excluding hydrogens is 320 g/mol. The summed E-state index contributed by atoms with van der Waals surface area (Å²) < 4.78 is 0. The largest absolute Gasteiger partial charge is 0.305 e. The summed E-state index contributed by atoms with van der Waals surface area (Å²) in [5.74, 6) is 0.732. The van der Waals surface area contributed by atoms with Gasteiger partial charge in [0.1, 0.15) is 0 Å². The van der Waals surface area contributed by atoms with Crippen molar-refractivity contribution in [1.82, 2.24) is 10.2 Å². The Labute approximate surface area is 146 Å². The molecule has 0 aliphatic heterocycles. The normalized spacial score (nSPS) is 15.1. The van der Waals surface area contributed by atoms with Crippen LogP contribution in [-0.4, -0.2) is 21.0 Å². The van der Waals surface area contributed by atoms with Crippen molar-refractivity contribution in [3.8, 4) is 0 Å². The zero-order valence-electron chi connectivity index (χ0n) is 14.2. The number of hydrogen-bond acceptors (Lipinski definition) is 4. The van der Waals surface area contributed by atoms with E-state index in [0.717, 1.165) is 12.1 Å². The van der Waals surface area contributed by atoms with E-state index in [1.807, 2.05) is 6.07 Å². The minimum absolute atomic E-state index is 0.0623. The van der Waals surface area contributed by atoms with Gasteiger partial charge in [0, 0.05) is 29.0 Å². The van der Waals surface area contributed by atoms with Crippen LogP contribution in [0, 0.1) is 23.0 Å². The van der Waals surface area contributed by atoms with Gasteiger partial charge in [0.25, 0.3) is 11.6 Å². The summed E-state index contributed by atoms with van der Waals surface area (Å²) >= 11 is 0. The smallest absolute Gasteiger partial charge is 0.273 e. The van der Waals surface area contributed by atoms with Crippen LogP contribution in [0.15, 0.2) is 24.3 Å². The summed E-state index contributed by atoms with van der Waals surface area (Å²) in [6.07, 6.45) is 7.33. The van der Waals surface area contributed by atoms with Crippen LogP contribution in [0.3, 0.4) is 0 Å². The van der Waals surface area contributed by atoms with Crippen molar-refractivity contribution < 1.29 is 9.72 Å². The van der Waals surface area contributed by atoms with Gasteiger partial charge in [-0.15, -0.1) is 0 Å². The minimum Gasteiger partial charge on any atom is -0.305 e. The number of nitro benzene ring substituents is 1. The zero-order chi connectivity index (χ0) is 17.8. The second kappa shape index (κ2) is 7.46. The first kappa shape index (κ1) is 17.1. The van der Waals surface area contributed by atoms with Crippen LogP contribution in [0.5, 0.6) is 0 Å². The molecule has 3 rings (SSSR count). The van der Waals surface area contributed by atoms with Crippen LogP contribution < -0.4 is 5.32 Å². The van der Waals surface area contributed by atoms with Crippen molar-refractivity contribution in [2.45, 2.75) is 45.4 Å². The molecule has 0 unspecified atom stereocenters. The highest BCUT2D eigenvalue weighted by Crippen LogP contribution is 2.27. The number of nitrogens with one attached hydrogen (secondary N) is 2. The number of nitrogens with zero attached hydrogens (tertiary/aromatic N) is 2. The van der Waals surface area contributed by atoms with E-state index in [1.54, 1.807) is 13.0 Å². The zero-order valence-corrected chi connectivity index (χ0v) is 14.2. The van der Waals surface area contributed by atoms with Crippen molar-refractivity contribution in [3.05, 3.63) is 51.2 Å². The molecule has 0 saturated heterocycles. The number of carbonyl (C=O) groups excluding carboxylic acids is 1. The number of aromatic amines is 1. The fourth-order valence-electron chi connectivity index (χ4n) is 3.48. The van der Waals surface area contributed by atoms with E-state index in [-0.39, 0.29) is 11.3 Å². The number of benzene rings is 1. The molecule has 0 radical (unpaired) electrons. The van der Waals surface area contributed by atoms with Gasteiger partial charge >= 0.3 is 0 Å². The summed E-state index contributed by atoms with van der Waals surface area (Å²) in [5, 5.41) is 20.8. The van der Waals surface area contributed by atoms with Gasteiger partial charge in [0.15, 0.2) is 5.82 Å². The second-order valence-corrected chi connectivity index (χ2v) is 6.65. The van der Waals surface area contributed by atoms with Crippen LogP contribution in [0.1, 0.15) is 53.7 Å². The fourth-order valence-corrected chi connectivity index (χ4v) is 3.48. The molecule has 132 valence electrons. The molecule has 1 aliphatic carbocycles. The highest BCUT2D eigenvalue weighted by Gasteiger charge is 2.19. The molecular formula is C18H22N4O3. The summed E-state index contributed by atoms with van der Waals surface area (Å²) in [4.78, 5) is 22.9. The van der Waals surface area contributed by atoms with Crippen LogP contribution >= 0.6 is 0 Å². The van der Waals surface area contributed by atoms with E-state index in [2.05, 4.69) is 15.5 Å². The van der Waals surface area contributed by atoms with E-state index in [9.17, 15) is 14.9 Å². The monoisotopic (exact) mass is 342 g/mol. The number of nitro groups is 1. The van der Waals surface area contributed by atoms with Gasteiger partial charge in [-0.2, -0.15) is 5.10 Å². The number of amides is 1. The Morgan fingerprint density at radius 3 is 2.84 bits per heavy atom. The Balaban J connectivity index is 1.67. The van der Waals surface area contributed by atoms with E-state index >= 15 is 0 Å². The van der Waals surface area contributed by atoms with Crippen molar-refractivity contribution in [2.75, 3.05) is 5.32 Å². The molecule has 1 amide bonds. The second-order valence-electron chi connectivity index (χ2n) is 6.65. The summed E-state index contributed by atoms with van der Waals surface area (Å²) in [5.41, 5.74) is 1.58. The first-order valence-electron chi connectivity index (χ1n) is 8.64. The predicted molar refractivity (Wildman–Crippen MR) is 94.7 cm³/mol. The molecule has 0 bridgehead atoms. The van der Waals surface area contributed by atoms with Crippen molar-refractivity contribution in [3.63, 3.8) is 0 Å². The molecule has 1 saturated carbocycles. The maximum atomic E-state index is 12.4. The minimum atomic E-state index is -0.483. The van der Waals surface area contributed by atoms with Gasteiger partial charge in [-0.3, -0.25) is 20.0 Å². The van der Waals surface area contributed by atoms with Crippen LogP contribution in [0.2, 0.25) is 0 Å². The third-order valence-corrected chi connectivity index (χ3v) is 4.85. The lowest BCUT2D eigenvalue weighted by Gasteiger charge is -2.20. The van der Waals surface area contributed by atoms with E-state index < -0.39 is 10.8 Å². The van der Waals surface area contributed by atoms with Crippen LogP contribution in [0.4, 0.5) is 11.5 Å². The number of aromatic nitrogens is 2. The molecule has 1 heterocycles. The van der Waals surface area contributed by atoms with Crippen molar-refractivity contribution in [1.29, 1.82) is 0 Å². The van der Waals surface area contributed by atoms with Gasteiger partial charge < -0.3 is 5.32 Å². The van der Waals surface area contributed by atoms with Crippen LogP contribution in [0.25, 0.3) is 0 Å². The van der Waals surface area contributed by atoms with Gasteiger partial charge in [0.2, 0.25) is 0 Å². The SMILES string of the molecule is Cc1c(C(=O)Nc2cc(CC3CCCCC3)[nH]n2)cccc1[N+](=O)[O-]. The summed E-state index contributed by atoms with van der Waals surface area (Å²) in [6.45, 7) is 1.58. The number of anilines is 1. The lowest BCUT2D eigenvalue weighted by molar-refractivity contribution is -0.385. The molecule has 7 nitrogen and oxygen atoms in total. The Bertz CT molecular complexity index is 778. The summed E-state index contributed by atoms with van der Waals surface area (Å²) in [6, 6.07) is 6.33. The topological polar surface area (TPSA) is 101 Å². The number of rotatable bonds is 5. The first-order valence-corrected chi connectivity index (χ1v) is 8.64. The van der Waals surface area contributed by atoms with E-state index in [0.29, 0.717) is 17.3 Å². The molecule has 2 aromatic rings. The molecule has 7 heteroatoms. The van der Waals surface area contributed by atoms with Crippen LogP contribution in [-0.2, 0) is 6.42 Å². The van der Waals surface area contributed by atoms with Gasteiger partial charge in [-0.05, 0) is 25.3 Å². The molecule has 1 fully saturated rings. The van der Waals surface area contributed by atoms with Crippen molar-refractivity contribution in [2.24, 2.45) is 5.92 Å². The Morgan fingerprint density at radius 2 is 2.12 bits per heavy atom. The van der Waals surface area contributed by atoms with E-state index in [1.165, 1.54) is 44.2 Å². The Morgan fingerprint density at radius 1 is 1.36 bits per heavy atom. The highest BCUT2D eigenvalue weighted by atomic mass is 16.6. The average Bonchev–Trinajstić information content (AvgIpc) is 3.02. The molecule has 1 aliphatic rings. The maximum Gasteiger partial charge on any atom is 0.273 e. The third-order valence-electron chi connectivity index (χ3n) is 4.85. The Kier molecular flexibility index (Phi) is 5.11. The Hall–Kier alpha value is -2.70. The molecule has 0 atom stereocenters. The number of hydrogen-bond donors (Lipinski definition) is 2. The predicted octanol–water partition coefficient (Wildman–Crippen LogP) is 4.00. The third kappa shape index (κ3) is 4.04. The molecule has 2 N–H and O–H groups in total. The molecule has 0 spiro atoms. The standard InChI is InChI=1S/C18H22N4O3/c1-12-15(8-5-9-16(12)22(24)25)18(23)19-17-11-14(20-21-17)10-13-6-3-2-4-7-13/h5,8-9,11,13H,2-4,6-7,10H2,1H3,(H2,19,20,21,23). The van der Waals surface area contributed by atoms with Gasteiger partial charge in [-0.25, -0.2) is 0 Å². The summed E-state index contributed by atoms with van der Waals surface area (Å²) in [7, 11) is 0. The number of carbonyl (C=O) groups is 1. The highest BCUT2D eigenvalue weighted by molar-refractivity contribution is 6.05. The molecule has 1 aromatic heterocycles. The molecule has 1 aromatic carbocycles. The van der Waals surface area contributed by atoms with Crippen molar-refractivity contribution >= 4 is 17.4 Å². The number of H-pyrrole nitrogens is 1. The lowest BCUT2D eigenvalue weighted by atomic mass is 9.86. The first-order chi connectivity index (χ1) is 12.0. The average molecular weight is 342 g/mol. The van der Waals surface area contributed by atoms with Gasteiger partial charge in [-0.1, -0.05) is 38.2 Å². The maximum absolute atomic E-state index is 12.4. The molecule has 25 heavy (non-hydrogen) atoms. The lowest BCUT2D eigenvalue weighted by Crippen LogP contribution is -2.14. The van der Waals surface area contributed by atoms with Gasteiger partial charge in [0.05, 0.1) is 4.92 Å². The fraction of sp³-hybridized carbons (Fsp3) is 0.444. The quantitative estimate of drug-likeness (QED) is 0.633. The van der Waals surface area contributed by atoms with E-state index in [4.69, 9.17) is 0 Å².